The molecule has 1 aliphatic carbocycles. The highest BCUT2D eigenvalue weighted by molar-refractivity contribution is 9.10. The molecule has 94 valence electrons. The third kappa shape index (κ3) is 3.19. The molecule has 0 saturated heterocycles. The van der Waals surface area contributed by atoms with Crippen LogP contribution in [0.2, 0.25) is 5.15 Å². The van der Waals surface area contributed by atoms with Crippen LogP contribution in [0.4, 0.5) is 0 Å². The molecule has 0 unspecified atom stereocenters. The standard InChI is InChI=1S/C10H12BrClN2O2S/c11-8-4-9(10(12)13-6-8)17(15,16)14-5-7-2-1-3-7/h4,6-7,14H,1-3,5H2. The summed E-state index contributed by atoms with van der Waals surface area (Å²) in [6, 6.07) is 1.46. The van der Waals surface area contributed by atoms with Crippen LogP contribution in [0.25, 0.3) is 0 Å². The lowest BCUT2D eigenvalue weighted by atomic mass is 9.86. The highest BCUT2D eigenvalue weighted by atomic mass is 79.9. The smallest absolute Gasteiger partial charge is 0.242 e. The molecule has 1 saturated carbocycles. The number of sulfonamides is 1. The van der Waals surface area contributed by atoms with Gasteiger partial charge in [-0.15, -0.1) is 0 Å². The number of rotatable bonds is 4. The van der Waals surface area contributed by atoms with Crippen molar-refractivity contribution in [3.63, 3.8) is 0 Å². The molecule has 1 aliphatic rings. The van der Waals surface area contributed by atoms with Crippen LogP contribution in [-0.4, -0.2) is 19.9 Å². The van der Waals surface area contributed by atoms with Crippen molar-refractivity contribution in [1.29, 1.82) is 0 Å². The maximum Gasteiger partial charge on any atom is 0.243 e. The number of nitrogens with zero attached hydrogens (tertiary/aromatic N) is 1. The van der Waals surface area contributed by atoms with Gasteiger partial charge in [-0.2, -0.15) is 0 Å². The number of hydrogen-bond acceptors (Lipinski definition) is 3. The summed E-state index contributed by atoms with van der Waals surface area (Å²) >= 11 is 8.97. The SMILES string of the molecule is O=S(=O)(NCC1CCC1)c1cc(Br)cnc1Cl. The van der Waals surface area contributed by atoms with Crippen molar-refractivity contribution in [1.82, 2.24) is 9.71 Å². The number of aromatic nitrogens is 1. The van der Waals surface area contributed by atoms with Gasteiger partial charge in [0.15, 0.2) is 0 Å². The number of halogens is 2. The zero-order valence-corrected chi connectivity index (χ0v) is 12.1. The van der Waals surface area contributed by atoms with E-state index in [1.165, 1.54) is 18.7 Å². The Kier molecular flexibility index (Phi) is 4.07. The first kappa shape index (κ1) is 13.3. The Balaban J connectivity index is 2.15. The van der Waals surface area contributed by atoms with Crippen LogP contribution in [-0.2, 0) is 10.0 Å². The van der Waals surface area contributed by atoms with Gasteiger partial charge in [0.2, 0.25) is 10.0 Å². The summed E-state index contributed by atoms with van der Waals surface area (Å²) in [4.78, 5) is 3.83. The molecule has 1 aromatic heterocycles. The average molecular weight is 340 g/mol. The maximum absolute atomic E-state index is 12.0. The van der Waals surface area contributed by atoms with Gasteiger partial charge in [-0.25, -0.2) is 18.1 Å². The van der Waals surface area contributed by atoms with Crippen molar-refractivity contribution >= 4 is 37.6 Å². The van der Waals surface area contributed by atoms with E-state index in [-0.39, 0.29) is 10.0 Å². The minimum absolute atomic E-state index is 0.00527. The van der Waals surface area contributed by atoms with E-state index in [0.29, 0.717) is 16.9 Å². The molecule has 2 rings (SSSR count). The van der Waals surface area contributed by atoms with Crippen LogP contribution in [0.3, 0.4) is 0 Å². The van der Waals surface area contributed by atoms with Crippen LogP contribution in [0.1, 0.15) is 19.3 Å². The van der Waals surface area contributed by atoms with E-state index in [9.17, 15) is 8.42 Å². The van der Waals surface area contributed by atoms with Crippen LogP contribution in [0, 0.1) is 5.92 Å². The van der Waals surface area contributed by atoms with Crippen molar-refractivity contribution in [2.75, 3.05) is 6.54 Å². The Morgan fingerprint density at radius 2 is 2.24 bits per heavy atom. The Morgan fingerprint density at radius 3 is 2.82 bits per heavy atom. The monoisotopic (exact) mass is 338 g/mol. The Bertz CT molecular complexity index is 517. The molecule has 1 fully saturated rings. The third-order valence-corrected chi connectivity index (χ3v) is 5.13. The topological polar surface area (TPSA) is 59.1 Å². The van der Waals surface area contributed by atoms with E-state index in [4.69, 9.17) is 11.6 Å². The van der Waals surface area contributed by atoms with E-state index >= 15 is 0 Å². The van der Waals surface area contributed by atoms with Gasteiger partial charge >= 0.3 is 0 Å². The predicted octanol–water partition coefficient (Wildman–Crippen LogP) is 2.58. The van der Waals surface area contributed by atoms with E-state index < -0.39 is 10.0 Å². The summed E-state index contributed by atoms with van der Waals surface area (Å²) in [5.74, 6) is 0.462. The van der Waals surface area contributed by atoms with Gasteiger partial charge in [-0.05, 0) is 40.8 Å². The van der Waals surface area contributed by atoms with E-state index in [0.717, 1.165) is 12.8 Å². The molecule has 7 heteroatoms. The van der Waals surface area contributed by atoms with Gasteiger partial charge < -0.3 is 0 Å². The molecule has 4 nitrogen and oxygen atoms in total. The zero-order chi connectivity index (χ0) is 12.5. The molecular formula is C10H12BrClN2O2S. The molecule has 0 spiro atoms. The zero-order valence-electron chi connectivity index (χ0n) is 8.99. The summed E-state index contributed by atoms with van der Waals surface area (Å²) in [7, 11) is -3.56. The maximum atomic E-state index is 12.0. The minimum atomic E-state index is -3.56. The molecular weight excluding hydrogens is 328 g/mol. The van der Waals surface area contributed by atoms with Gasteiger partial charge in [0, 0.05) is 17.2 Å². The van der Waals surface area contributed by atoms with Gasteiger partial charge in [0.1, 0.15) is 10.0 Å². The van der Waals surface area contributed by atoms with E-state index in [1.807, 2.05) is 0 Å². The van der Waals surface area contributed by atoms with E-state index in [2.05, 4.69) is 25.6 Å². The predicted molar refractivity (Wildman–Crippen MR) is 69.5 cm³/mol. The highest BCUT2D eigenvalue weighted by Crippen LogP contribution is 2.27. The second-order valence-corrected chi connectivity index (χ2v) is 7.10. The molecule has 1 aromatic rings. The van der Waals surface area contributed by atoms with Crippen LogP contribution >= 0.6 is 27.5 Å². The summed E-state index contributed by atoms with van der Waals surface area (Å²) in [6.45, 7) is 0.477. The quantitative estimate of drug-likeness (QED) is 0.858. The Labute approximate surface area is 114 Å². The normalized spacial score (nSPS) is 16.8. The number of hydrogen-bond donors (Lipinski definition) is 1. The summed E-state index contributed by atoms with van der Waals surface area (Å²) in [5.41, 5.74) is 0. The molecule has 0 aromatic carbocycles. The van der Waals surface area contributed by atoms with E-state index in [1.54, 1.807) is 0 Å². The lowest BCUT2D eigenvalue weighted by molar-refractivity contribution is 0.316. The van der Waals surface area contributed by atoms with Crippen LogP contribution in [0.5, 0.6) is 0 Å². The lowest BCUT2D eigenvalue weighted by Crippen LogP contribution is -2.32. The van der Waals surface area contributed by atoms with Crippen molar-refractivity contribution in [3.05, 3.63) is 21.9 Å². The molecule has 0 bridgehead atoms. The highest BCUT2D eigenvalue weighted by Gasteiger charge is 2.23. The van der Waals surface area contributed by atoms with Gasteiger partial charge in [-0.3, -0.25) is 0 Å². The third-order valence-electron chi connectivity index (χ3n) is 2.85. The molecule has 1 N–H and O–H groups in total. The molecule has 0 atom stereocenters. The fraction of sp³-hybridized carbons (Fsp3) is 0.500. The van der Waals surface area contributed by atoms with Crippen molar-refractivity contribution in [2.45, 2.75) is 24.2 Å². The minimum Gasteiger partial charge on any atom is -0.242 e. The molecule has 17 heavy (non-hydrogen) atoms. The second kappa shape index (κ2) is 5.22. The first-order valence-corrected chi connectivity index (χ1v) is 7.95. The van der Waals surface area contributed by atoms with Crippen LogP contribution in [0.15, 0.2) is 21.6 Å². The molecule has 0 aliphatic heterocycles. The molecule has 1 heterocycles. The summed E-state index contributed by atoms with van der Waals surface area (Å²) in [5, 5.41) is -0.00527. The average Bonchev–Trinajstić information content (AvgIpc) is 2.19. The first-order chi connectivity index (χ1) is 7.99. The van der Waals surface area contributed by atoms with Gasteiger partial charge in [0.25, 0.3) is 0 Å². The lowest BCUT2D eigenvalue weighted by Gasteiger charge is -2.25. The van der Waals surface area contributed by atoms with Crippen LogP contribution < -0.4 is 4.72 Å². The summed E-state index contributed by atoms with van der Waals surface area (Å²) < 4.78 is 27.1. The van der Waals surface area contributed by atoms with Gasteiger partial charge in [0.05, 0.1) is 0 Å². The fourth-order valence-electron chi connectivity index (χ4n) is 1.59. The van der Waals surface area contributed by atoms with Crippen molar-refractivity contribution in [2.24, 2.45) is 5.92 Å². The number of nitrogens with one attached hydrogen (secondary N) is 1. The second-order valence-electron chi connectivity index (χ2n) is 4.09. The summed E-state index contributed by atoms with van der Waals surface area (Å²) in [6.07, 6.45) is 4.83. The van der Waals surface area contributed by atoms with Gasteiger partial charge in [-0.1, -0.05) is 18.0 Å². The molecule has 0 amide bonds. The van der Waals surface area contributed by atoms with Crippen molar-refractivity contribution < 1.29 is 8.42 Å². The first-order valence-electron chi connectivity index (χ1n) is 5.30. The Hall–Kier alpha value is -0.170. The Morgan fingerprint density at radius 1 is 1.53 bits per heavy atom. The number of pyridine rings is 1. The molecule has 0 radical (unpaired) electrons. The van der Waals surface area contributed by atoms with Crippen molar-refractivity contribution in [3.8, 4) is 0 Å². The largest absolute Gasteiger partial charge is 0.243 e. The fourth-order valence-corrected chi connectivity index (χ4v) is 3.65.